The summed E-state index contributed by atoms with van der Waals surface area (Å²) in [6.07, 6.45) is 4.30. The highest BCUT2D eigenvalue weighted by Crippen LogP contribution is 2.26. The van der Waals surface area contributed by atoms with Crippen LogP contribution in [0.5, 0.6) is 0 Å². The van der Waals surface area contributed by atoms with Gasteiger partial charge in [0.15, 0.2) is 0 Å². The summed E-state index contributed by atoms with van der Waals surface area (Å²) in [7, 11) is 1.76. The van der Waals surface area contributed by atoms with Crippen LogP contribution in [0.15, 0.2) is 0 Å². The van der Waals surface area contributed by atoms with Crippen molar-refractivity contribution in [3.63, 3.8) is 0 Å². The molecule has 106 valence electrons. The monoisotopic (exact) mass is 256 g/mol. The number of amides is 1. The fourth-order valence-electron chi connectivity index (χ4n) is 2.41. The first kappa shape index (κ1) is 15.4. The van der Waals surface area contributed by atoms with E-state index in [2.05, 4.69) is 24.5 Å². The Morgan fingerprint density at radius 1 is 1.50 bits per heavy atom. The average Bonchev–Trinajstić information content (AvgIpc) is 2.37. The van der Waals surface area contributed by atoms with Gasteiger partial charge < -0.3 is 15.4 Å². The van der Waals surface area contributed by atoms with Crippen LogP contribution < -0.4 is 10.6 Å². The number of piperidine rings is 1. The Balaban J connectivity index is 2.37. The maximum Gasteiger partial charge on any atom is 0.237 e. The molecule has 0 aromatic carbocycles. The summed E-state index contributed by atoms with van der Waals surface area (Å²) in [5.41, 5.74) is -0.0496. The largest absolute Gasteiger partial charge is 0.379 e. The van der Waals surface area contributed by atoms with Crippen molar-refractivity contribution >= 4 is 5.91 Å². The summed E-state index contributed by atoms with van der Waals surface area (Å²) in [4.78, 5) is 11.8. The van der Waals surface area contributed by atoms with E-state index < -0.39 is 0 Å². The number of ether oxygens (including phenoxy) is 1. The third-order valence-electron chi connectivity index (χ3n) is 3.89. The maximum absolute atomic E-state index is 11.8. The fraction of sp³-hybridized carbons (Fsp3) is 0.929. The number of rotatable bonds is 6. The first-order chi connectivity index (χ1) is 8.48. The van der Waals surface area contributed by atoms with Gasteiger partial charge in [-0.3, -0.25) is 4.79 Å². The zero-order chi connectivity index (χ0) is 13.6. The van der Waals surface area contributed by atoms with Crippen molar-refractivity contribution in [3.05, 3.63) is 0 Å². The first-order valence-corrected chi connectivity index (χ1v) is 7.04. The minimum Gasteiger partial charge on any atom is -0.379 e. The lowest BCUT2D eigenvalue weighted by Gasteiger charge is -2.32. The van der Waals surface area contributed by atoms with Crippen LogP contribution in [0.4, 0.5) is 0 Å². The van der Waals surface area contributed by atoms with Gasteiger partial charge in [0.1, 0.15) is 0 Å². The zero-order valence-corrected chi connectivity index (χ0v) is 12.2. The molecule has 1 aliphatic heterocycles. The molecule has 0 aromatic heterocycles. The predicted molar refractivity (Wildman–Crippen MR) is 73.5 cm³/mol. The second-order valence-electron chi connectivity index (χ2n) is 5.79. The van der Waals surface area contributed by atoms with E-state index in [0.717, 1.165) is 32.2 Å². The third-order valence-corrected chi connectivity index (χ3v) is 3.89. The Morgan fingerprint density at radius 2 is 2.22 bits per heavy atom. The third kappa shape index (κ3) is 4.94. The van der Waals surface area contributed by atoms with Gasteiger partial charge in [-0.1, -0.05) is 0 Å². The van der Waals surface area contributed by atoms with Gasteiger partial charge in [0.05, 0.1) is 11.6 Å². The topological polar surface area (TPSA) is 50.4 Å². The van der Waals surface area contributed by atoms with Crippen molar-refractivity contribution in [2.75, 3.05) is 20.2 Å². The van der Waals surface area contributed by atoms with Crippen LogP contribution in [0.2, 0.25) is 0 Å². The van der Waals surface area contributed by atoms with Crippen molar-refractivity contribution in [2.24, 2.45) is 5.92 Å². The highest BCUT2D eigenvalue weighted by atomic mass is 16.5. The Bertz CT molecular complexity index is 267. The van der Waals surface area contributed by atoms with E-state index in [-0.39, 0.29) is 17.6 Å². The Hall–Kier alpha value is -0.610. The molecule has 0 radical (unpaired) electrons. The van der Waals surface area contributed by atoms with Crippen LogP contribution in [0.3, 0.4) is 0 Å². The van der Waals surface area contributed by atoms with E-state index in [4.69, 9.17) is 4.74 Å². The van der Waals surface area contributed by atoms with Gasteiger partial charge >= 0.3 is 0 Å². The molecule has 1 saturated heterocycles. The normalized spacial score (nSPS) is 24.9. The number of methoxy groups -OCH3 is 1. The molecule has 0 bridgehead atoms. The number of hydrogen-bond acceptors (Lipinski definition) is 3. The first-order valence-electron chi connectivity index (χ1n) is 7.04. The van der Waals surface area contributed by atoms with Crippen LogP contribution in [0.25, 0.3) is 0 Å². The highest BCUT2D eigenvalue weighted by Gasteiger charge is 2.28. The SMILES string of the molecule is CCNC(=O)C1CC(CCC(C)(C)OC)CCN1. The van der Waals surface area contributed by atoms with Crippen LogP contribution in [-0.2, 0) is 9.53 Å². The molecule has 1 aliphatic rings. The molecule has 2 atom stereocenters. The van der Waals surface area contributed by atoms with Gasteiger partial charge in [0.25, 0.3) is 0 Å². The summed E-state index contributed by atoms with van der Waals surface area (Å²) in [5.74, 6) is 0.779. The summed E-state index contributed by atoms with van der Waals surface area (Å²) in [6.45, 7) is 7.85. The Kier molecular flexibility index (Phi) is 6.09. The number of carbonyl (C=O) groups excluding carboxylic acids is 1. The van der Waals surface area contributed by atoms with E-state index in [0.29, 0.717) is 12.5 Å². The molecule has 0 saturated carbocycles. The summed E-state index contributed by atoms with van der Waals surface area (Å²) < 4.78 is 5.45. The minimum absolute atomic E-state index is 0.00522. The van der Waals surface area contributed by atoms with E-state index in [1.165, 1.54) is 0 Å². The van der Waals surface area contributed by atoms with Gasteiger partial charge in [-0.05, 0) is 58.9 Å². The van der Waals surface area contributed by atoms with E-state index in [1.807, 2.05) is 6.92 Å². The van der Waals surface area contributed by atoms with Crippen LogP contribution >= 0.6 is 0 Å². The van der Waals surface area contributed by atoms with Gasteiger partial charge in [0, 0.05) is 13.7 Å². The van der Waals surface area contributed by atoms with E-state index >= 15 is 0 Å². The van der Waals surface area contributed by atoms with Gasteiger partial charge in [-0.2, -0.15) is 0 Å². The second kappa shape index (κ2) is 7.10. The standard InChI is InChI=1S/C14H28N2O2/c1-5-15-13(17)12-10-11(7-9-16-12)6-8-14(2,3)18-4/h11-12,16H,5-10H2,1-4H3,(H,15,17). The molecule has 2 N–H and O–H groups in total. The minimum atomic E-state index is -0.0496. The maximum atomic E-state index is 11.8. The number of carbonyl (C=O) groups is 1. The number of nitrogens with one attached hydrogen (secondary N) is 2. The van der Waals surface area contributed by atoms with Crippen molar-refractivity contribution in [1.82, 2.24) is 10.6 Å². The second-order valence-corrected chi connectivity index (χ2v) is 5.79. The van der Waals surface area contributed by atoms with Crippen LogP contribution in [-0.4, -0.2) is 37.7 Å². The average molecular weight is 256 g/mol. The lowest BCUT2D eigenvalue weighted by Crippen LogP contribution is -2.48. The van der Waals surface area contributed by atoms with Gasteiger partial charge in [-0.15, -0.1) is 0 Å². The Labute approximate surface area is 111 Å². The molecular weight excluding hydrogens is 228 g/mol. The quantitative estimate of drug-likeness (QED) is 0.760. The molecule has 0 aromatic rings. The van der Waals surface area contributed by atoms with Gasteiger partial charge in [0.2, 0.25) is 5.91 Å². The fourth-order valence-corrected chi connectivity index (χ4v) is 2.41. The Morgan fingerprint density at radius 3 is 2.83 bits per heavy atom. The van der Waals surface area contributed by atoms with Crippen molar-refractivity contribution < 1.29 is 9.53 Å². The molecule has 1 rings (SSSR count). The molecule has 18 heavy (non-hydrogen) atoms. The number of likely N-dealkylation sites (N-methyl/N-ethyl adjacent to an activating group) is 1. The molecule has 1 amide bonds. The molecular formula is C14H28N2O2. The van der Waals surface area contributed by atoms with Crippen molar-refractivity contribution in [3.8, 4) is 0 Å². The van der Waals surface area contributed by atoms with E-state index in [1.54, 1.807) is 7.11 Å². The number of hydrogen-bond donors (Lipinski definition) is 2. The van der Waals surface area contributed by atoms with Crippen molar-refractivity contribution in [2.45, 2.75) is 58.1 Å². The smallest absolute Gasteiger partial charge is 0.237 e. The van der Waals surface area contributed by atoms with Crippen LogP contribution in [0, 0.1) is 5.92 Å². The molecule has 4 nitrogen and oxygen atoms in total. The molecule has 4 heteroatoms. The van der Waals surface area contributed by atoms with Gasteiger partial charge in [-0.25, -0.2) is 0 Å². The molecule has 0 aliphatic carbocycles. The predicted octanol–water partition coefficient (Wildman–Crippen LogP) is 1.70. The summed E-state index contributed by atoms with van der Waals surface area (Å²) >= 11 is 0. The lowest BCUT2D eigenvalue weighted by atomic mass is 9.85. The van der Waals surface area contributed by atoms with Crippen LogP contribution in [0.1, 0.15) is 46.5 Å². The summed E-state index contributed by atoms with van der Waals surface area (Å²) in [6, 6.07) is -0.00522. The summed E-state index contributed by atoms with van der Waals surface area (Å²) in [5, 5.41) is 6.19. The zero-order valence-electron chi connectivity index (χ0n) is 12.2. The molecule has 1 fully saturated rings. The lowest BCUT2D eigenvalue weighted by molar-refractivity contribution is -0.124. The van der Waals surface area contributed by atoms with E-state index in [9.17, 15) is 4.79 Å². The highest BCUT2D eigenvalue weighted by molar-refractivity contribution is 5.81. The molecule has 1 heterocycles. The molecule has 0 spiro atoms. The van der Waals surface area contributed by atoms with Crippen molar-refractivity contribution in [1.29, 1.82) is 0 Å². The molecule has 2 unspecified atom stereocenters.